The highest BCUT2D eigenvalue weighted by Gasteiger charge is 2.25. The largest absolute Gasteiger partial charge is 0.504 e. The highest BCUT2D eigenvalue weighted by atomic mass is 19.1. The number of fused-ring (bicyclic) bond motifs is 1. The summed E-state index contributed by atoms with van der Waals surface area (Å²) in [6.07, 6.45) is 4.73. The monoisotopic (exact) mass is 367 g/mol. The molecular formula is C21H22FN3O2. The van der Waals surface area contributed by atoms with E-state index in [-0.39, 0.29) is 17.6 Å². The zero-order valence-corrected chi connectivity index (χ0v) is 15.2. The zero-order chi connectivity index (χ0) is 18.8. The first-order valence-electron chi connectivity index (χ1n) is 9.08. The Bertz CT molecular complexity index is 954. The van der Waals surface area contributed by atoms with Gasteiger partial charge in [0, 0.05) is 23.8 Å². The van der Waals surface area contributed by atoms with Crippen LogP contribution in [0, 0.1) is 5.82 Å². The molecule has 0 fully saturated rings. The molecule has 0 spiro atoms. The van der Waals surface area contributed by atoms with Gasteiger partial charge in [-0.3, -0.25) is 0 Å². The minimum atomic E-state index is -0.271. The van der Waals surface area contributed by atoms with Crippen molar-refractivity contribution >= 4 is 0 Å². The second kappa shape index (κ2) is 7.40. The molecule has 1 atom stereocenters. The summed E-state index contributed by atoms with van der Waals surface area (Å²) < 4.78 is 21.0. The second-order valence-electron chi connectivity index (χ2n) is 6.74. The van der Waals surface area contributed by atoms with E-state index in [0.717, 1.165) is 36.1 Å². The van der Waals surface area contributed by atoms with Gasteiger partial charge in [-0.05, 0) is 49.1 Å². The van der Waals surface area contributed by atoms with Crippen LogP contribution in [0.5, 0.6) is 11.5 Å². The Morgan fingerprint density at radius 2 is 2.15 bits per heavy atom. The van der Waals surface area contributed by atoms with Crippen molar-refractivity contribution < 1.29 is 14.2 Å². The van der Waals surface area contributed by atoms with Crippen LogP contribution in [0.4, 0.5) is 4.39 Å². The predicted molar refractivity (Wildman–Crippen MR) is 101 cm³/mol. The molecule has 2 aromatic carbocycles. The molecule has 27 heavy (non-hydrogen) atoms. The molecule has 0 radical (unpaired) electrons. The maximum atomic E-state index is 14.2. The average molecular weight is 367 g/mol. The van der Waals surface area contributed by atoms with Gasteiger partial charge in [0.15, 0.2) is 11.5 Å². The van der Waals surface area contributed by atoms with E-state index in [2.05, 4.69) is 10.4 Å². The van der Waals surface area contributed by atoms with E-state index in [1.807, 2.05) is 18.3 Å². The molecule has 140 valence electrons. The minimum Gasteiger partial charge on any atom is -0.504 e. The van der Waals surface area contributed by atoms with Crippen molar-refractivity contribution in [2.75, 3.05) is 7.11 Å². The van der Waals surface area contributed by atoms with Gasteiger partial charge in [-0.25, -0.2) is 9.07 Å². The number of aromatic nitrogens is 2. The van der Waals surface area contributed by atoms with Gasteiger partial charge in [-0.2, -0.15) is 5.10 Å². The third-order valence-corrected chi connectivity index (χ3v) is 5.06. The molecular weight excluding hydrogens is 345 g/mol. The van der Waals surface area contributed by atoms with Crippen molar-refractivity contribution in [2.45, 2.75) is 31.8 Å². The first-order chi connectivity index (χ1) is 13.2. The standard InChI is InChI=1S/C21H22FN3O2/c1-27-21-10-9-14(11-20(21)26)12-23-17-6-4-8-18-15(17)13-24-25(18)19-7-3-2-5-16(19)22/h2-3,5,7,9-11,13,17,23,26H,4,6,8,12H2,1H3/t17-/m1/s1. The van der Waals surface area contributed by atoms with Gasteiger partial charge in [0.05, 0.1) is 13.3 Å². The van der Waals surface area contributed by atoms with Gasteiger partial charge < -0.3 is 15.2 Å². The highest BCUT2D eigenvalue weighted by molar-refractivity contribution is 5.42. The third kappa shape index (κ3) is 3.40. The summed E-state index contributed by atoms with van der Waals surface area (Å²) in [5.74, 6) is 0.325. The van der Waals surface area contributed by atoms with Crippen molar-refractivity contribution in [3.05, 3.63) is 71.3 Å². The first-order valence-corrected chi connectivity index (χ1v) is 9.08. The minimum absolute atomic E-state index is 0.133. The van der Waals surface area contributed by atoms with Gasteiger partial charge in [0.2, 0.25) is 0 Å². The van der Waals surface area contributed by atoms with Gasteiger partial charge >= 0.3 is 0 Å². The Morgan fingerprint density at radius 3 is 2.93 bits per heavy atom. The Labute approximate surface area is 157 Å². The number of ether oxygens (including phenoxy) is 1. The van der Waals surface area contributed by atoms with Crippen LogP contribution in [0.25, 0.3) is 5.69 Å². The average Bonchev–Trinajstić information content (AvgIpc) is 3.11. The van der Waals surface area contributed by atoms with Crippen LogP contribution in [0.15, 0.2) is 48.7 Å². The SMILES string of the molecule is COc1ccc(CN[C@@H]2CCCc3c2cnn3-c2ccccc2F)cc1O. The van der Waals surface area contributed by atoms with Crippen LogP contribution in [0.2, 0.25) is 0 Å². The number of methoxy groups -OCH3 is 1. The molecule has 1 aliphatic rings. The highest BCUT2D eigenvalue weighted by Crippen LogP contribution is 2.32. The first kappa shape index (κ1) is 17.5. The summed E-state index contributed by atoms with van der Waals surface area (Å²) in [4.78, 5) is 0. The molecule has 6 heteroatoms. The molecule has 0 saturated heterocycles. The quantitative estimate of drug-likeness (QED) is 0.718. The second-order valence-corrected chi connectivity index (χ2v) is 6.74. The fourth-order valence-electron chi connectivity index (χ4n) is 3.69. The summed E-state index contributed by atoms with van der Waals surface area (Å²) >= 11 is 0. The summed E-state index contributed by atoms with van der Waals surface area (Å²) in [6.45, 7) is 0.618. The van der Waals surface area contributed by atoms with Crippen LogP contribution in [0.1, 0.15) is 35.7 Å². The van der Waals surface area contributed by atoms with Crippen LogP contribution < -0.4 is 10.1 Å². The van der Waals surface area contributed by atoms with Crippen molar-refractivity contribution in [2.24, 2.45) is 0 Å². The third-order valence-electron chi connectivity index (χ3n) is 5.06. The molecule has 0 aliphatic heterocycles. The smallest absolute Gasteiger partial charge is 0.160 e. The molecule has 1 heterocycles. The van der Waals surface area contributed by atoms with Crippen LogP contribution >= 0.6 is 0 Å². The lowest BCUT2D eigenvalue weighted by atomic mass is 9.92. The van der Waals surface area contributed by atoms with Crippen molar-refractivity contribution in [3.8, 4) is 17.2 Å². The fourth-order valence-corrected chi connectivity index (χ4v) is 3.69. The summed E-state index contributed by atoms with van der Waals surface area (Å²) in [7, 11) is 1.53. The maximum Gasteiger partial charge on any atom is 0.160 e. The number of nitrogens with zero attached hydrogens (tertiary/aromatic N) is 2. The summed E-state index contributed by atoms with van der Waals surface area (Å²) in [6, 6.07) is 12.3. The fraction of sp³-hybridized carbons (Fsp3) is 0.286. The molecule has 1 aliphatic carbocycles. The lowest BCUT2D eigenvalue weighted by Gasteiger charge is -2.24. The molecule has 0 amide bonds. The van der Waals surface area contributed by atoms with Gasteiger partial charge in [0.25, 0.3) is 0 Å². The van der Waals surface area contributed by atoms with Gasteiger partial charge in [0.1, 0.15) is 11.5 Å². The number of hydrogen-bond acceptors (Lipinski definition) is 4. The number of phenols is 1. The summed E-state index contributed by atoms with van der Waals surface area (Å²) in [5, 5.41) is 17.9. The number of nitrogens with one attached hydrogen (secondary N) is 1. The topological polar surface area (TPSA) is 59.3 Å². The Balaban J connectivity index is 1.54. The number of benzene rings is 2. The van der Waals surface area contributed by atoms with E-state index < -0.39 is 0 Å². The molecule has 0 unspecified atom stereocenters. The summed E-state index contributed by atoms with van der Waals surface area (Å²) in [5.41, 5.74) is 3.63. The van der Waals surface area contributed by atoms with Crippen LogP contribution in [-0.4, -0.2) is 22.0 Å². The van der Waals surface area contributed by atoms with E-state index >= 15 is 0 Å². The normalized spacial score (nSPS) is 16.1. The van der Waals surface area contributed by atoms with Crippen molar-refractivity contribution in [3.63, 3.8) is 0 Å². The number of para-hydroxylation sites is 1. The van der Waals surface area contributed by atoms with E-state index in [9.17, 15) is 9.50 Å². The predicted octanol–water partition coefficient (Wildman–Crippen LogP) is 3.89. The number of phenolic OH excluding ortho intramolecular Hbond substituents is 1. The Kier molecular flexibility index (Phi) is 4.81. The number of hydrogen-bond donors (Lipinski definition) is 2. The molecule has 3 aromatic rings. The van der Waals surface area contributed by atoms with Crippen LogP contribution in [0.3, 0.4) is 0 Å². The van der Waals surface area contributed by atoms with Gasteiger partial charge in [-0.15, -0.1) is 0 Å². The number of halogens is 1. The molecule has 2 N–H and O–H groups in total. The number of aromatic hydroxyl groups is 1. The lowest BCUT2D eigenvalue weighted by Crippen LogP contribution is -2.25. The van der Waals surface area contributed by atoms with E-state index in [1.54, 1.807) is 28.9 Å². The van der Waals surface area contributed by atoms with E-state index in [4.69, 9.17) is 4.74 Å². The Morgan fingerprint density at radius 1 is 1.30 bits per heavy atom. The molecule has 0 bridgehead atoms. The van der Waals surface area contributed by atoms with Crippen molar-refractivity contribution in [1.29, 1.82) is 0 Å². The zero-order valence-electron chi connectivity index (χ0n) is 15.2. The Hall–Kier alpha value is -2.86. The van der Waals surface area contributed by atoms with Crippen molar-refractivity contribution in [1.82, 2.24) is 15.1 Å². The molecule has 1 aromatic heterocycles. The lowest BCUT2D eigenvalue weighted by molar-refractivity contribution is 0.372. The maximum absolute atomic E-state index is 14.2. The van der Waals surface area contributed by atoms with E-state index in [1.165, 1.54) is 13.2 Å². The molecule has 5 nitrogen and oxygen atoms in total. The van der Waals surface area contributed by atoms with Gasteiger partial charge in [-0.1, -0.05) is 18.2 Å². The van der Waals surface area contributed by atoms with Crippen LogP contribution in [-0.2, 0) is 13.0 Å². The number of rotatable bonds is 5. The molecule has 4 rings (SSSR count). The van der Waals surface area contributed by atoms with E-state index in [0.29, 0.717) is 18.0 Å². The molecule has 0 saturated carbocycles.